The number of alkyl halides is 1. The molecule has 2 atom stereocenters. The maximum absolute atomic E-state index is 13.6. The first kappa shape index (κ1) is 15.2. The zero-order chi connectivity index (χ0) is 15.9. The highest BCUT2D eigenvalue weighted by Crippen LogP contribution is 2.32. The van der Waals surface area contributed by atoms with E-state index in [2.05, 4.69) is 0 Å². The Morgan fingerprint density at radius 2 is 2.18 bits per heavy atom. The van der Waals surface area contributed by atoms with Crippen molar-refractivity contribution in [2.24, 2.45) is 5.73 Å². The molecule has 6 nitrogen and oxygen atoms in total. The molecule has 0 bridgehead atoms. The number of sulfonamides is 1. The summed E-state index contributed by atoms with van der Waals surface area (Å²) in [5.74, 6) is -0.161. The van der Waals surface area contributed by atoms with Gasteiger partial charge in [-0.3, -0.25) is 4.79 Å². The standard InChI is InChI=1S/C14H17FN2O4S/c15-10-7-12(14(16)18)17(8-10)22(19,20)11-3-4-13-9(6-11)2-1-5-21-13/h3-4,6,10,12H,1-2,5,7-8H2,(H2,16,18)/t10-,12+/m1/s1. The van der Waals surface area contributed by atoms with E-state index in [1.165, 1.54) is 12.1 Å². The summed E-state index contributed by atoms with van der Waals surface area (Å²) in [6.07, 6.45) is -0.0311. The lowest BCUT2D eigenvalue weighted by molar-refractivity contribution is -0.121. The Bertz CT molecular complexity index is 707. The Labute approximate surface area is 128 Å². The molecule has 2 aliphatic rings. The Morgan fingerprint density at radius 1 is 1.41 bits per heavy atom. The van der Waals surface area contributed by atoms with Crippen LogP contribution in [-0.4, -0.2) is 44.0 Å². The van der Waals surface area contributed by atoms with Gasteiger partial charge in [-0.25, -0.2) is 12.8 Å². The van der Waals surface area contributed by atoms with Crippen molar-refractivity contribution in [2.45, 2.75) is 36.4 Å². The smallest absolute Gasteiger partial charge is 0.243 e. The minimum Gasteiger partial charge on any atom is -0.493 e. The summed E-state index contributed by atoms with van der Waals surface area (Å²) in [4.78, 5) is 11.4. The third-order valence-electron chi connectivity index (χ3n) is 4.02. The van der Waals surface area contributed by atoms with Crippen molar-refractivity contribution in [3.63, 3.8) is 0 Å². The average molecular weight is 328 g/mol. The van der Waals surface area contributed by atoms with Gasteiger partial charge in [0.1, 0.15) is 18.0 Å². The number of ether oxygens (including phenoxy) is 1. The monoisotopic (exact) mass is 328 g/mol. The first-order chi connectivity index (χ1) is 10.4. The van der Waals surface area contributed by atoms with E-state index < -0.39 is 28.1 Å². The first-order valence-electron chi connectivity index (χ1n) is 7.10. The van der Waals surface area contributed by atoms with E-state index in [1.807, 2.05) is 0 Å². The number of nitrogens with zero attached hydrogens (tertiary/aromatic N) is 1. The third kappa shape index (κ3) is 2.56. The first-order valence-corrected chi connectivity index (χ1v) is 8.54. The van der Waals surface area contributed by atoms with Gasteiger partial charge in [-0.1, -0.05) is 0 Å². The number of primary amides is 1. The van der Waals surface area contributed by atoms with Crippen molar-refractivity contribution in [3.8, 4) is 5.75 Å². The van der Waals surface area contributed by atoms with E-state index >= 15 is 0 Å². The van der Waals surface area contributed by atoms with Crippen LogP contribution in [0, 0.1) is 0 Å². The Balaban J connectivity index is 1.97. The number of carbonyl (C=O) groups is 1. The molecule has 8 heteroatoms. The quantitative estimate of drug-likeness (QED) is 0.880. The van der Waals surface area contributed by atoms with Crippen LogP contribution in [0.15, 0.2) is 23.1 Å². The Kier molecular flexibility index (Phi) is 3.82. The van der Waals surface area contributed by atoms with E-state index in [9.17, 15) is 17.6 Å². The van der Waals surface area contributed by atoms with Crippen LogP contribution in [0.5, 0.6) is 5.75 Å². The number of amides is 1. The van der Waals surface area contributed by atoms with Gasteiger partial charge in [0, 0.05) is 13.0 Å². The lowest BCUT2D eigenvalue weighted by Crippen LogP contribution is -2.43. The summed E-state index contributed by atoms with van der Waals surface area (Å²) in [7, 11) is -3.96. The molecule has 0 radical (unpaired) electrons. The van der Waals surface area contributed by atoms with E-state index in [0.717, 1.165) is 22.7 Å². The van der Waals surface area contributed by atoms with Crippen LogP contribution in [0.1, 0.15) is 18.4 Å². The van der Waals surface area contributed by atoms with Gasteiger partial charge in [0.25, 0.3) is 0 Å². The summed E-state index contributed by atoms with van der Waals surface area (Å²) in [5.41, 5.74) is 6.01. The van der Waals surface area contributed by atoms with Gasteiger partial charge >= 0.3 is 0 Å². The lowest BCUT2D eigenvalue weighted by atomic mass is 10.1. The largest absolute Gasteiger partial charge is 0.493 e. The molecule has 1 fully saturated rings. The zero-order valence-electron chi connectivity index (χ0n) is 11.9. The summed E-state index contributed by atoms with van der Waals surface area (Å²) in [6.45, 7) is 0.266. The Morgan fingerprint density at radius 3 is 2.91 bits per heavy atom. The maximum Gasteiger partial charge on any atom is 0.243 e. The fraction of sp³-hybridized carbons (Fsp3) is 0.500. The number of fused-ring (bicyclic) bond motifs is 1. The SMILES string of the molecule is NC(=O)[C@@H]1C[C@@H](F)CN1S(=O)(=O)c1ccc2c(c1)CCCO2. The highest BCUT2D eigenvalue weighted by molar-refractivity contribution is 7.89. The summed E-state index contributed by atoms with van der Waals surface area (Å²) < 4.78 is 45.3. The van der Waals surface area contributed by atoms with Crippen LogP contribution in [0.3, 0.4) is 0 Å². The molecule has 0 spiro atoms. The van der Waals surface area contributed by atoms with Crippen LogP contribution < -0.4 is 10.5 Å². The number of benzene rings is 1. The second kappa shape index (κ2) is 5.51. The highest BCUT2D eigenvalue weighted by atomic mass is 32.2. The van der Waals surface area contributed by atoms with Gasteiger partial charge in [0.05, 0.1) is 11.5 Å². The molecular formula is C14H17FN2O4S. The second-order valence-corrected chi connectivity index (χ2v) is 7.44. The van der Waals surface area contributed by atoms with Gasteiger partial charge in [-0.2, -0.15) is 4.31 Å². The molecule has 0 aromatic heterocycles. The van der Waals surface area contributed by atoms with Gasteiger partial charge < -0.3 is 10.5 Å². The van der Waals surface area contributed by atoms with Crippen LogP contribution in [0.2, 0.25) is 0 Å². The molecule has 1 aromatic rings. The van der Waals surface area contributed by atoms with Crippen molar-refractivity contribution in [1.82, 2.24) is 4.31 Å². The predicted molar refractivity (Wildman–Crippen MR) is 76.6 cm³/mol. The van der Waals surface area contributed by atoms with Gasteiger partial charge in [-0.15, -0.1) is 0 Å². The van der Waals surface area contributed by atoms with Gasteiger partial charge in [0.15, 0.2) is 0 Å². The maximum atomic E-state index is 13.6. The second-order valence-electron chi connectivity index (χ2n) is 5.55. The molecule has 2 heterocycles. The minimum atomic E-state index is -3.96. The molecule has 0 unspecified atom stereocenters. The van der Waals surface area contributed by atoms with E-state index in [1.54, 1.807) is 6.07 Å². The predicted octanol–water partition coefficient (Wildman–Crippen LogP) is 0.598. The highest BCUT2D eigenvalue weighted by Gasteiger charge is 2.43. The number of halogens is 1. The molecule has 2 aliphatic heterocycles. The summed E-state index contributed by atoms with van der Waals surface area (Å²) >= 11 is 0. The normalized spacial score (nSPS) is 25.5. The van der Waals surface area contributed by atoms with Gasteiger partial charge in [-0.05, 0) is 36.6 Å². The summed E-state index contributed by atoms with van der Waals surface area (Å²) in [6, 6.07) is 3.42. The van der Waals surface area contributed by atoms with Crippen molar-refractivity contribution in [1.29, 1.82) is 0 Å². The lowest BCUT2D eigenvalue weighted by Gasteiger charge is -2.23. The van der Waals surface area contributed by atoms with Crippen molar-refractivity contribution < 1.29 is 22.3 Å². The molecular weight excluding hydrogens is 311 g/mol. The molecule has 2 N–H and O–H groups in total. The minimum absolute atomic E-state index is 0.0390. The van der Waals surface area contributed by atoms with Crippen LogP contribution in [0.25, 0.3) is 0 Å². The molecule has 1 saturated heterocycles. The molecule has 0 saturated carbocycles. The molecule has 22 heavy (non-hydrogen) atoms. The van der Waals surface area contributed by atoms with Crippen LogP contribution in [0.4, 0.5) is 4.39 Å². The van der Waals surface area contributed by atoms with Crippen LogP contribution >= 0.6 is 0 Å². The number of hydrogen-bond donors (Lipinski definition) is 1. The van der Waals surface area contributed by atoms with E-state index in [0.29, 0.717) is 12.4 Å². The zero-order valence-corrected chi connectivity index (χ0v) is 12.7. The number of aryl methyl sites for hydroxylation is 1. The number of nitrogens with two attached hydrogens (primary N) is 1. The van der Waals surface area contributed by atoms with E-state index in [4.69, 9.17) is 10.5 Å². The topological polar surface area (TPSA) is 89.7 Å². The average Bonchev–Trinajstić information content (AvgIpc) is 2.90. The number of rotatable bonds is 3. The molecule has 1 amide bonds. The van der Waals surface area contributed by atoms with Crippen molar-refractivity contribution in [2.75, 3.05) is 13.2 Å². The third-order valence-corrected chi connectivity index (χ3v) is 5.89. The Hall–Kier alpha value is -1.67. The van der Waals surface area contributed by atoms with Gasteiger partial charge in [0.2, 0.25) is 15.9 Å². The van der Waals surface area contributed by atoms with Crippen molar-refractivity contribution >= 4 is 15.9 Å². The summed E-state index contributed by atoms with van der Waals surface area (Å²) in [5, 5.41) is 0. The fourth-order valence-electron chi connectivity index (χ4n) is 2.91. The molecule has 1 aromatic carbocycles. The van der Waals surface area contributed by atoms with Crippen molar-refractivity contribution in [3.05, 3.63) is 23.8 Å². The number of carbonyl (C=O) groups excluding carboxylic acids is 1. The van der Waals surface area contributed by atoms with E-state index in [-0.39, 0.29) is 17.9 Å². The molecule has 120 valence electrons. The molecule has 0 aliphatic carbocycles. The fourth-order valence-corrected chi connectivity index (χ4v) is 4.60. The molecule has 3 rings (SSSR count). The number of hydrogen-bond acceptors (Lipinski definition) is 4. The van der Waals surface area contributed by atoms with Crippen LogP contribution in [-0.2, 0) is 21.2 Å².